The molecule has 98 valence electrons. The standard InChI is InChI=1S/C10H27O3PSi2/c1-7-9-15(3,4)12-14(11)13-16(5,6)10-8-2/h14H,7-10H2,1-6H3. The Morgan fingerprint density at radius 3 is 1.44 bits per heavy atom. The average molecular weight is 282 g/mol. The van der Waals surface area contributed by atoms with Crippen molar-refractivity contribution in [1.82, 2.24) is 0 Å². The summed E-state index contributed by atoms with van der Waals surface area (Å²) >= 11 is 0. The number of hydrogen-bond donors (Lipinski definition) is 0. The van der Waals surface area contributed by atoms with Gasteiger partial charge in [-0.15, -0.1) is 0 Å². The quantitative estimate of drug-likeness (QED) is 0.480. The van der Waals surface area contributed by atoms with Crippen molar-refractivity contribution in [3.05, 3.63) is 0 Å². The molecule has 0 spiro atoms. The van der Waals surface area contributed by atoms with Crippen molar-refractivity contribution >= 4 is 24.9 Å². The van der Waals surface area contributed by atoms with Crippen molar-refractivity contribution in [3.8, 4) is 0 Å². The molecule has 0 unspecified atom stereocenters. The van der Waals surface area contributed by atoms with Crippen molar-refractivity contribution in [2.45, 2.75) is 65.0 Å². The van der Waals surface area contributed by atoms with Crippen molar-refractivity contribution < 1.29 is 13.0 Å². The van der Waals surface area contributed by atoms with Gasteiger partial charge in [0.2, 0.25) is 0 Å². The Hall–Kier alpha value is 0.584. The van der Waals surface area contributed by atoms with Gasteiger partial charge in [0.25, 0.3) is 8.25 Å². The maximum Gasteiger partial charge on any atom is 0.299 e. The average Bonchev–Trinajstić information content (AvgIpc) is 1.99. The Labute approximate surface area is 103 Å². The molecule has 0 amide bonds. The lowest BCUT2D eigenvalue weighted by molar-refractivity contribution is 0.407. The summed E-state index contributed by atoms with van der Waals surface area (Å²) in [4.78, 5) is 0. The highest BCUT2D eigenvalue weighted by atomic mass is 31.1. The smallest absolute Gasteiger partial charge is 0.299 e. The lowest BCUT2D eigenvalue weighted by Gasteiger charge is -2.26. The molecule has 0 aromatic heterocycles. The van der Waals surface area contributed by atoms with Crippen molar-refractivity contribution in [2.24, 2.45) is 0 Å². The highest BCUT2D eigenvalue weighted by molar-refractivity contribution is 7.38. The molecule has 3 nitrogen and oxygen atoms in total. The van der Waals surface area contributed by atoms with Gasteiger partial charge >= 0.3 is 0 Å². The lowest BCUT2D eigenvalue weighted by Crippen LogP contribution is -2.31. The zero-order valence-corrected chi connectivity index (χ0v) is 14.6. The third-order valence-corrected chi connectivity index (χ3v) is 11.6. The Kier molecular flexibility index (Phi) is 7.37. The highest BCUT2D eigenvalue weighted by Crippen LogP contribution is 2.36. The summed E-state index contributed by atoms with van der Waals surface area (Å²) < 4.78 is 23.2. The maximum absolute atomic E-state index is 11.8. The van der Waals surface area contributed by atoms with Crippen LogP contribution in [-0.2, 0) is 13.0 Å². The fourth-order valence-corrected chi connectivity index (χ4v) is 9.15. The van der Waals surface area contributed by atoms with Crippen LogP contribution in [0.25, 0.3) is 0 Å². The van der Waals surface area contributed by atoms with Crippen LogP contribution in [0.1, 0.15) is 26.7 Å². The molecule has 0 fully saturated rings. The van der Waals surface area contributed by atoms with Gasteiger partial charge in [-0.1, -0.05) is 26.7 Å². The van der Waals surface area contributed by atoms with Gasteiger partial charge in [0.05, 0.1) is 0 Å². The van der Waals surface area contributed by atoms with Gasteiger partial charge in [-0.2, -0.15) is 0 Å². The van der Waals surface area contributed by atoms with Gasteiger partial charge in [0.1, 0.15) is 0 Å². The van der Waals surface area contributed by atoms with Crippen LogP contribution in [-0.4, -0.2) is 16.6 Å². The van der Waals surface area contributed by atoms with E-state index in [9.17, 15) is 4.57 Å². The molecule has 0 aromatic rings. The fraction of sp³-hybridized carbons (Fsp3) is 1.00. The van der Waals surface area contributed by atoms with Crippen LogP contribution in [0.3, 0.4) is 0 Å². The molecule has 0 aromatic carbocycles. The molecular weight excluding hydrogens is 255 g/mol. The molecule has 0 bridgehead atoms. The molecule has 0 saturated carbocycles. The summed E-state index contributed by atoms with van der Waals surface area (Å²) in [7, 11) is -5.79. The molecule has 0 saturated heterocycles. The second-order valence-electron chi connectivity index (χ2n) is 5.47. The molecular formula is C10H27O3PSi2. The second kappa shape index (κ2) is 7.11. The van der Waals surface area contributed by atoms with Gasteiger partial charge < -0.3 is 8.43 Å². The van der Waals surface area contributed by atoms with Gasteiger partial charge in [-0.25, -0.2) is 0 Å². The van der Waals surface area contributed by atoms with Crippen LogP contribution in [0.15, 0.2) is 0 Å². The van der Waals surface area contributed by atoms with E-state index in [1.54, 1.807) is 0 Å². The van der Waals surface area contributed by atoms with E-state index in [2.05, 4.69) is 40.0 Å². The van der Waals surface area contributed by atoms with Crippen molar-refractivity contribution in [2.75, 3.05) is 0 Å². The summed E-state index contributed by atoms with van der Waals surface area (Å²) in [5, 5.41) is 0. The van der Waals surface area contributed by atoms with Crippen LogP contribution in [0.5, 0.6) is 0 Å². The molecule has 6 heteroatoms. The lowest BCUT2D eigenvalue weighted by atomic mass is 10.6. The van der Waals surface area contributed by atoms with E-state index < -0.39 is 24.9 Å². The van der Waals surface area contributed by atoms with E-state index in [0.29, 0.717) is 0 Å². The maximum atomic E-state index is 11.8. The molecule has 0 N–H and O–H groups in total. The first-order chi connectivity index (χ1) is 7.22. The predicted octanol–water partition coefficient (Wildman–Crippen LogP) is 4.64. The van der Waals surface area contributed by atoms with Gasteiger partial charge in [-0.3, -0.25) is 4.57 Å². The largest absolute Gasteiger partial charge is 0.353 e. The van der Waals surface area contributed by atoms with E-state index in [4.69, 9.17) is 8.43 Å². The molecule has 0 aliphatic rings. The van der Waals surface area contributed by atoms with E-state index >= 15 is 0 Å². The Morgan fingerprint density at radius 1 is 0.875 bits per heavy atom. The van der Waals surface area contributed by atoms with E-state index in [0.717, 1.165) is 24.9 Å². The molecule has 0 heterocycles. The minimum Gasteiger partial charge on any atom is -0.353 e. The minimum atomic E-state index is -2.27. The fourth-order valence-electron chi connectivity index (χ4n) is 1.78. The van der Waals surface area contributed by atoms with E-state index in [1.165, 1.54) is 0 Å². The third-order valence-electron chi connectivity index (χ3n) is 2.42. The van der Waals surface area contributed by atoms with Crippen LogP contribution in [0.2, 0.25) is 38.3 Å². The summed E-state index contributed by atoms with van der Waals surface area (Å²) in [6.07, 6.45) is 2.17. The first-order valence-corrected chi connectivity index (χ1v) is 13.6. The Bertz CT molecular complexity index is 210. The Balaban J connectivity index is 4.17. The monoisotopic (exact) mass is 282 g/mol. The topological polar surface area (TPSA) is 35.5 Å². The van der Waals surface area contributed by atoms with Crippen molar-refractivity contribution in [1.29, 1.82) is 0 Å². The first-order valence-electron chi connectivity index (χ1n) is 6.14. The summed E-state index contributed by atoms with van der Waals surface area (Å²) in [5.41, 5.74) is 0. The highest BCUT2D eigenvalue weighted by Gasteiger charge is 2.29. The van der Waals surface area contributed by atoms with E-state index in [-0.39, 0.29) is 0 Å². The normalized spacial score (nSPS) is 13.4. The molecule has 0 rings (SSSR count). The van der Waals surface area contributed by atoms with Crippen LogP contribution >= 0.6 is 8.25 Å². The van der Waals surface area contributed by atoms with Gasteiger partial charge in [0, 0.05) is 0 Å². The minimum absolute atomic E-state index is 1.04. The summed E-state index contributed by atoms with van der Waals surface area (Å²) in [6, 6.07) is 2.09. The zero-order valence-electron chi connectivity index (χ0n) is 11.6. The summed E-state index contributed by atoms with van der Waals surface area (Å²) in [5.74, 6) is 0. The molecule has 0 aliphatic heterocycles. The third kappa shape index (κ3) is 7.79. The predicted molar refractivity (Wildman–Crippen MR) is 76.3 cm³/mol. The van der Waals surface area contributed by atoms with Crippen LogP contribution in [0, 0.1) is 0 Å². The van der Waals surface area contributed by atoms with Gasteiger partial charge in [0.15, 0.2) is 16.6 Å². The second-order valence-corrected chi connectivity index (χ2v) is 15.6. The van der Waals surface area contributed by atoms with Crippen molar-refractivity contribution in [3.63, 3.8) is 0 Å². The van der Waals surface area contributed by atoms with E-state index in [1.807, 2.05) is 0 Å². The molecule has 0 aliphatic carbocycles. The zero-order chi connectivity index (χ0) is 12.8. The van der Waals surface area contributed by atoms with Crippen LogP contribution in [0.4, 0.5) is 0 Å². The summed E-state index contributed by atoms with van der Waals surface area (Å²) in [6.45, 7) is 12.7. The molecule has 0 radical (unpaired) electrons. The first kappa shape index (κ1) is 16.6. The SMILES string of the molecule is CCC[Si](C)(C)O[PH](=O)O[Si](C)(C)CCC. The Morgan fingerprint density at radius 2 is 1.19 bits per heavy atom. The molecule has 16 heavy (non-hydrogen) atoms. The number of hydrogen-bond acceptors (Lipinski definition) is 3. The van der Waals surface area contributed by atoms with Crippen LogP contribution < -0.4 is 0 Å². The van der Waals surface area contributed by atoms with Gasteiger partial charge in [-0.05, 0) is 38.3 Å². The number of rotatable bonds is 8. The molecule has 0 atom stereocenters.